The van der Waals surface area contributed by atoms with E-state index in [4.69, 9.17) is 4.74 Å². The van der Waals surface area contributed by atoms with Gasteiger partial charge >= 0.3 is 0 Å². The molecule has 8 heteroatoms. The van der Waals surface area contributed by atoms with E-state index < -0.39 is 0 Å². The van der Waals surface area contributed by atoms with Crippen molar-refractivity contribution in [3.8, 4) is 5.75 Å². The van der Waals surface area contributed by atoms with Gasteiger partial charge in [-0.3, -0.25) is 19.9 Å². The molecule has 1 heterocycles. The van der Waals surface area contributed by atoms with E-state index in [1.807, 2.05) is 30.3 Å². The molecule has 0 saturated carbocycles. The topological polar surface area (TPSA) is 105 Å². The minimum Gasteiger partial charge on any atom is -0.497 e. The first-order chi connectivity index (χ1) is 15.0. The van der Waals surface area contributed by atoms with Crippen molar-refractivity contribution in [1.82, 2.24) is 10.3 Å². The Morgan fingerprint density at radius 1 is 1.00 bits per heavy atom. The summed E-state index contributed by atoms with van der Waals surface area (Å²) in [6.07, 6.45) is 3.40. The number of methoxy groups -OCH3 is 1. The predicted octanol–water partition coefficient (Wildman–Crippen LogP) is 3.45. The first kappa shape index (κ1) is 21.5. The summed E-state index contributed by atoms with van der Waals surface area (Å²) >= 11 is 0. The maximum absolute atomic E-state index is 12.8. The molecule has 3 N–H and O–H groups in total. The van der Waals surface area contributed by atoms with Crippen LogP contribution in [0.3, 0.4) is 0 Å². The molecule has 2 aromatic carbocycles. The van der Waals surface area contributed by atoms with Crippen LogP contribution in [0.15, 0.2) is 78.0 Å². The fourth-order valence-electron chi connectivity index (χ4n) is 2.73. The number of amides is 2. The van der Waals surface area contributed by atoms with E-state index in [9.17, 15) is 9.59 Å². The van der Waals surface area contributed by atoms with Gasteiger partial charge in [-0.2, -0.15) is 0 Å². The van der Waals surface area contributed by atoms with Crippen molar-refractivity contribution in [2.45, 2.75) is 13.5 Å². The molecule has 0 unspecified atom stereocenters. The highest BCUT2D eigenvalue weighted by molar-refractivity contribution is 6.10. The average molecular weight is 417 g/mol. The quantitative estimate of drug-likeness (QED) is 0.421. The maximum Gasteiger partial charge on any atom is 0.258 e. The minimum absolute atomic E-state index is 0.212. The van der Waals surface area contributed by atoms with Gasteiger partial charge in [0.15, 0.2) is 0 Å². The lowest BCUT2D eigenvalue weighted by molar-refractivity contribution is -0.114. The van der Waals surface area contributed by atoms with Gasteiger partial charge < -0.3 is 15.4 Å². The number of rotatable bonds is 6. The number of benzene rings is 2. The van der Waals surface area contributed by atoms with Crippen LogP contribution in [0.25, 0.3) is 0 Å². The van der Waals surface area contributed by atoms with Crippen LogP contribution in [0.1, 0.15) is 22.8 Å². The lowest BCUT2D eigenvalue weighted by Gasteiger charge is -2.13. The summed E-state index contributed by atoms with van der Waals surface area (Å²) in [6, 6.07) is 17.7. The van der Waals surface area contributed by atoms with Crippen LogP contribution < -0.4 is 20.7 Å². The van der Waals surface area contributed by atoms with Gasteiger partial charge in [0.25, 0.3) is 5.91 Å². The van der Waals surface area contributed by atoms with Crippen molar-refractivity contribution in [1.29, 1.82) is 0 Å². The Labute approximate surface area is 180 Å². The fourth-order valence-corrected chi connectivity index (χ4v) is 2.73. The number of anilines is 2. The smallest absolute Gasteiger partial charge is 0.258 e. The summed E-state index contributed by atoms with van der Waals surface area (Å²) in [5.41, 5.74) is 2.52. The van der Waals surface area contributed by atoms with Crippen LogP contribution in [-0.4, -0.2) is 29.9 Å². The van der Waals surface area contributed by atoms with Crippen molar-refractivity contribution in [3.05, 3.63) is 84.2 Å². The van der Waals surface area contributed by atoms with Gasteiger partial charge in [0.1, 0.15) is 5.75 Å². The SMILES string of the molecule is COc1cccc(NC(=NCc2cccnc2)NC(=O)c2cccc(NC(C)=O)c2)c1. The molecule has 3 rings (SSSR count). The van der Waals surface area contributed by atoms with Crippen LogP contribution in [0.5, 0.6) is 5.75 Å². The van der Waals surface area contributed by atoms with Crippen LogP contribution in [0.4, 0.5) is 11.4 Å². The Morgan fingerprint density at radius 3 is 2.48 bits per heavy atom. The zero-order chi connectivity index (χ0) is 22.1. The Morgan fingerprint density at radius 2 is 1.77 bits per heavy atom. The Kier molecular flexibility index (Phi) is 7.31. The van der Waals surface area contributed by atoms with Gasteiger partial charge in [0.05, 0.1) is 13.7 Å². The van der Waals surface area contributed by atoms with E-state index in [1.165, 1.54) is 6.92 Å². The molecule has 2 amide bonds. The second-order valence-electron chi connectivity index (χ2n) is 6.60. The third-order valence-electron chi connectivity index (χ3n) is 4.15. The number of carbonyl (C=O) groups excluding carboxylic acids is 2. The third-order valence-corrected chi connectivity index (χ3v) is 4.15. The molecule has 0 aliphatic carbocycles. The molecule has 1 aromatic heterocycles. The molecule has 0 atom stereocenters. The Balaban J connectivity index is 1.81. The molecule has 0 radical (unpaired) electrons. The summed E-state index contributed by atoms with van der Waals surface area (Å²) < 4.78 is 5.25. The van der Waals surface area contributed by atoms with E-state index in [0.717, 1.165) is 5.56 Å². The average Bonchev–Trinajstić information content (AvgIpc) is 2.78. The van der Waals surface area contributed by atoms with Gasteiger partial charge in [0, 0.05) is 42.3 Å². The summed E-state index contributed by atoms with van der Waals surface area (Å²) in [5.74, 6) is 0.362. The number of aliphatic imine (C=N–C) groups is 1. The number of ether oxygens (including phenoxy) is 1. The number of hydrogen-bond acceptors (Lipinski definition) is 5. The van der Waals surface area contributed by atoms with Crippen molar-refractivity contribution in [3.63, 3.8) is 0 Å². The normalized spacial score (nSPS) is 10.8. The fraction of sp³-hybridized carbons (Fsp3) is 0.130. The lowest BCUT2D eigenvalue weighted by atomic mass is 10.2. The molecule has 0 spiro atoms. The van der Waals surface area contributed by atoms with E-state index in [-0.39, 0.29) is 17.8 Å². The Hall–Kier alpha value is -4.20. The number of aromatic nitrogens is 1. The van der Waals surface area contributed by atoms with Gasteiger partial charge in [-0.25, -0.2) is 4.99 Å². The first-order valence-electron chi connectivity index (χ1n) is 9.57. The molecule has 3 aromatic rings. The van der Waals surface area contributed by atoms with Gasteiger partial charge in [0.2, 0.25) is 11.9 Å². The highest BCUT2D eigenvalue weighted by Crippen LogP contribution is 2.17. The molecule has 158 valence electrons. The summed E-state index contributed by atoms with van der Waals surface area (Å²) in [5, 5.41) is 8.58. The van der Waals surface area contributed by atoms with Crippen molar-refractivity contribution in [2.24, 2.45) is 4.99 Å². The number of nitrogens with zero attached hydrogens (tertiary/aromatic N) is 2. The molecule has 0 aliphatic heterocycles. The number of guanidine groups is 1. The van der Waals surface area contributed by atoms with Gasteiger partial charge in [-0.15, -0.1) is 0 Å². The van der Waals surface area contributed by atoms with Crippen LogP contribution in [0.2, 0.25) is 0 Å². The number of nitrogens with one attached hydrogen (secondary N) is 3. The van der Waals surface area contributed by atoms with E-state index >= 15 is 0 Å². The van der Waals surface area contributed by atoms with Crippen LogP contribution in [-0.2, 0) is 11.3 Å². The predicted molar refractivity (Wildman–Crippen MR) is 120 cm³/mol. The second-order valence-corrected chi connectivity index (χ2v) is 6.60. The molecule has 0 saturated heterocycles. The zero-order valence-corrected chi connectivity index (χ0v) is 17.3. The van der Waals surface area contributed by atoms with E-state index in [2.05, 4.69) is 25.9 Å². The van der Waals surface area contributed by atoms with E-state index in [0.29, 0.717) is 29.2 Å². The standard InChI is InChI=1S/C23H23N5O3/c1-16(29)26-19-8-3-7-18(12-19)22(30)28-23(25-15-17-6-5-11-24-14-17)27-20-9-4-10-21(13-20)31-2/h3-14H,15H2,1-2H3,(H,26,29)(H2,25,27,28,30). The molecule has 0 bridgehead atoms. The highest BCUT2D eigenvalue weighted by atomic mass is 16.5. The first-order valence-corrected chi connectivity index (χ1v) is 9.57. The van der Waals surface area contributed by atoms with E-state index in [1.54, 1.807) is 49.8 Å². The highest BCUT2D eigenvalue weighted by Gasteiger charge is 2.11. The molecular weight excluding hydrogens is 394 g/mol. The van der Waals surface area contributed by atoms with Crippen LogP contribution in [0, 0.1) is 0 Å². The number of pyridine rings is 1. The van der Waals surface area contributed by atoms with Crippen molar-refractivity contribution in [2.75, 3.05) is 17.7 Å². The third kappa shape index (κ3) is 6.67. The second kappa shape index (κ2) is 10.5. The zero-order valence-electron chi connectivity index (χ0n) is 17.3. The summed E-state index contributed by atoms with van der Waals surface area (Å²) in [4.78, 5) is 32.7. The van der Waals surface area contributed by atoms with Gasteiger partial charge in [-0.05, 0) is 42.0 Å². The summed E-state index contributed by atoms with van der Waals surface area (Å²) in [6.45, 7) is 1.74. The maximum atomic E-state index is 12.8. The Bertz CT molecular complexity index is 1080. The largest absolute Gasteiger partial charge is 0.497 e. The lowest BCUT2D eigenvalue weighted by Crippen LogP contribution is -2.36. The molecule has 0 fully saturated rings. The number of hydrogen-bond donors (Lipinski definition) is 3. The molecular formula is C23H23N5O3. The molecule has 31 heavy (non-hydrogen) atoms. The van der Waals surface area contributed by atoms with Gasteiger partial charge in [-0.1, -0.05) is 18.2 Å². The number of carbonyl (C=O) groups is 2. The molecule has 0 aliphatic rings. The van der Waals surface area contributed by atoms with Crippen LogP contribution >= 0.6 is 0 Å². The monoisotopic (exact) mass is 417 g/mol. The molecule has 8 nitrogen and oxygen atoms in total. The summed E-state index contributed by atoms with van der Waals surface area (Å²) in [7, 11) is 1.58. The van der Waals surface area contributed by atoms with Crippen molar-refractivity contribution >= 4 is 29.1 Å². The minimum atomic E-state index is -0.368. The van der Waals surface area contributed by atoms with Crippen molar-refractivity contribution < 1.29 is 14.3 Å².